The monoisotopic (exact) mass is 510 g/mol. The average molecular weight is 511 g/mol. The van der Waals surface area contributed by atoms with Gasteiger partial charge in [-0.25, -0.2) is 4.68 Å². The summed E-state index contributed by atoms with van der Waals surface area (Å²) in [6, 6.07) is 29.0. The first kappa shape index (κ1) is 26.7. The van der Waals surface area contributed by atoms with Crippen molar-refractivity contribution in [3.63, 3.8) is 0 Å². The van der Waals surface area contributed by atoms with Crippen LogP contribution in [0.4, 0.5) is 5.82 Å². The lowest BCUT2D eigenvalue weighted by atomic mass is 10.1. The van der Waals surface area contributed by atoms with E-state index >= 15 is 0 Å². The number of aromatic nitrogens is 2. The summed E-state index contributed by atoms with van der Waals surface area (Å²) in [7, 11) is 1.62. The maximum atomic E-state index is 13.2. The lowest BCUT2D eigenvalue weighted by molar-refractivity contribution is -0.135. The molecule has 1 aromatic heterocycles. The van der Waals surface area contributed by atoms with Crippen molar-refractivity contribution in [2.45, 2.75) is 26.7 Å². The number of carbonyl (C=O) groups excluding carboxylic acids is 2. The number of ether oxygens (including phenoxy) is 1. The molecule has 3 aromatic carbocycles. The second-order valence-electron chi connectivity index (χ2n) is 9.59. The SMILES string of the molecule is COc1ccc(-n2nc(-c3ccccc3)cc2NC(=O)CN(CC(C)C)C(=O)CCc2ccccc2)cc1. The Labute approximate surface area is 224 Å². The van der Waals surface area contributed by atoms with E-state index in [0.717, 1.165) is 28.3 Å². The predicted molar refractivity (Wildman–Crippen MR) is 150 cm³/mol. The number of hydrogen-bond donors (Lipinski definition) is 1. The van der Waals surface area contributed by atoms with Crippen LogP contribution in [0.1, 0.15) is 25.8 Å². The molecular weight excluding hydrogens is 476 g/mol. The van der Waals surface area contributed by atoms with Gasteiger partial charge in [-0.15, -0.1) is 0 Å². The van der Waals surface area contributed by atoms with Gasteiger partial charge in [0.15, 0.2) is 0 Å². The van der Waals surface area contributed by atoms with Crippen LogP contribution in [0.2, 0.25) is 0 Å². The Morgan fingerprint density at radius 1 is 0.947 bits per heavy atom. The Morgan fingerprint density at radius 2 is 1.61 bits per heavy atom. The van der Waals surface area contributed by atoms with Crippen LogP contribution in [0, 0.1) is 5.92 Å². The van der Waals surface area contributed by atoms with Gasteiger partial charge in [0.1, 0.15) is 11.6 Å². The summed E-state index contributed by atoms with van der Waals surface area (Å²) in [6.07, 6.45) is 0.993. The van der Waals surface area contributed by atoms with Crippen LogP contribution in [-0.2, 0) is 16.0 Å². The number of hydrogen-bond acceptors (Lipinski definition) is 4. The number of nitrogens with one attached hydrogen (secondary N) is 1. The van der Waals surface area contributed by atoms with Crippen molar-refractivity contribution >= 4 is 17.6 Å². The number of methoxy groups -OCH3 is 1. The van der Waals surface area contributed by atoms with Crippen LogP contribution >= 0.6 is 0 Å². The fraction of sp³-hybridized carbons (Fsp3) is 0.258. The molecule has 0 bridgehead atoms. The fourth-order valence-electron chi connectivity index (χ4n) is 4.25. The highest BCUT2D eigenvalue weighted by atomic mass is 16.5. The number of aryl methyl sites for hydroxylation is 1. The highest BCUT2D eigenvalue weighted by Gasteiger charge is 2.20. The van der Waals surface area contributed by atoms with E-state index in [-0.39, 0.29) is 24.3 Å². The molecule has 0 aliphatic heterocycles. The van der Waals surface area contributed by atoms with Crippen LogP contribution in [0.5, 0.6) is 5.75 Å². The van der Waals surface area contributed by atoms with Crippen LogP contribution in [0.15, 0.2) is 91.0 Å². The normalized spacial score (nSPS) is 10.8. The molecule has 0 atom stereocenters. The largest absolute Gasteiger partial charge is 0.497 e. The van der Waals surface area contributed by atoms with E-state index in [1.165, 1.54) is 0 Å². The summed E-state index contributed by atoms with van der Waals surface area (Å²) in [5.41, 5.74) is 3.55. The highest BCUT2D eigenvalue weighted by Crippen LogP contribution is 2.26. The molecule has 1 N–H and O–H groups in total. The molecule has 38 heavy (non-hydrogen) atoms. The topological polar surface area (TPSA) is 76.5 Å². The molecule has 0 aliphatic carbocycles. The van der Waals surface area contributed by atoms with Gasteiger partial charge in [-0.05, 0) is 42.2 Å². The lowest BCUT2D eigenvalue weighted by Gasteiger charge is -2.24. The molecule has 0 aliphatic rings. The minimum absolute atomic E-state index is 0.0275. The summed E-state index contributed by atoms with van der Waals surface area (Å²) < 4.78 is 6.98. The quantitative estimate of drug-likeness (QED) is 0.285. The van der Waals surface area contributed by atoms with Crippen LogP contribution in [0.3, 0.4) is 0 Å². The standard InChI is InChI=1S/C31H34N4O3/c1-23(2)21-34(31(37)19-14-24-10-6-4-7-11-24)22-30(36)32-29-20-28(25-12-8-5-9-13-25)33-35(29)26-15-17-27(38-3)18-16-26/h4-13,15-18,20,23H,14,19,21-22H2,1-3H3,(H,32,36). The molecule has 0 saturated carbocycles. The molecule has 2 amide bonds. The summed E-state index contributed by atoms with van der Waals surface area (Å²) in [6.45, 7) is 4.56. The first-order chi connectivity index (χ1) is 18.4. The third-order valence-corrected chi connectivity index (χ3v) is 6.11. The van der Waals surface area contributed by atoms with Gasteiger partial charge in [-0.3, -0.25) is 9.59 Å². The van der Waals surface area contributed by atoms with Gasteiger partial charge in [-0.1, -0.05) is 74.5 Å². The Morgan fingerprint density at radius 3 is 2.24 bits per heavy atom. The van der Waals surface area contributed by atoms with Crippen LogP contribution in [-0.4, -0.2) is 46.7 Å². The highest BCUT2D eigenvalue weighted by molar-refractivity contribution is 5.94. The summed E-state index contributed by atoms with van der Waals surface area (Å²) in [5, 5.41) is 7.76. The van der Waals surface area contributed by atoms with E-state index in [9.17, 15) is 9.59 Å². The number of benzene rings is 3. The van der Waals surface area contributed by atoms with Crippen LogP contribution < -0.4 is 10.1 Å². The molecule has 7 nitrogen and oxygen atoms in total. The van der Waals surface area contributed by atoms with Crippen molar-refractivity contribution < 1.29 is 14.3 Å². The summed E-state index contributed by atoms with van der Waals surface area (Å²) in [4.78, 5) is 28.0. The van der Waals surface area contributed by atoms with E-state index in [2.05, 4.69) is 5.32 Å². The molecule has 0 radical (unpaired) electrons. The van der Waals surface area contributed by atoms with E-state index in [0.29, 0.717) is 25.2 Å². The lowest BCUT2D eigenvalue weighted by Crippen LogP contribution is -2.40. The number of carbonyl (C=O) groups is 2. The Hall–Kier alpha value is -4.39. The van der Waals surface area contributed by atoms with Gasteiger partial charge in [0.25, 0.3) is 0 Å². The fourth-order valence-corrected chi connectivity index (χ4v) is 4.25. The molecule has 7 heteroatoms. The first-order valence-electron chi connectivity index (χ1n) is 12.8. The van der Waals surface area contributed by atoms with E-state index in [1.807, 2.05) is 105 Å². The third kappa shape index (κ3) is 7.09. The number of nitrogens with zero attached hydrogens (tertiary/aromatic N) is 3. The molecule has 0 saturated heterocycles. The van der Waals surface area contributed by atoms with E-state index < -0.39 is 0 Å². The summed E-state index contributed by atoms with van der Waals surface area (Å²) in [5.74, 6) is 1.19. The first-order valence-corrected chi connectivity index (χ1v) is 12.8. The smallest absolute Gasteiger partial charge is 0.245 e. The van der Waals surface area contributed by atoms with Gasteiger partial charge < -0.3 is 15.0 Å². The van der Waals surface area contributed by atoms with Crippen molar-refractivity contribution in [3.8, 4) is 22.7 Å². The number of amides is 2. The zero-order valence-corrected chi connectivity index (χ0v) is 22.1. The second kappa shape index (κ2) is 12.7. The van der Waals surface area contributed by atoms with E-state index in [4.69, 9.17) is 9.84 Å². The van der Waals surface area contributed by atoms with Gasteiger partial charge >= 0.3 is 0 Å². The Balaban J connectivity index is 1.53. The molecule has 0 spiro atoms. The molecule has 0 fully saturated rings. The Kier molecular flexibility index (Phi) is 8.93. The minimum atomic E-state index is -0.270. The maximum Gasteiger partial charge on any atom is 0.245 e. The third-order valence-electron chi connectivity index (χ3n) is 6.11. The van der Waals surface area contributed by atoms with Gasteiger partial charge in [0.2, 0.25) is 11.8 Å². The molecule has 0 unspecified atom stereocenters. The van der Waals surface area contributed by atoms with E-state index in [1.54, 1.807) is 16.7 Å². The number of anilines is 1. The zero-order valence-electron chi connectivity index (χ0n) is 22.1. The molecule has 196 valence electrons. The minimum Gasteiger partial charge on any atom is -0.497 e. The maximum absolute atomic E-state index is 13.2. The zero-order chi connectivity index (χ0) is 26.9. The van der Waals surface area contributed by atoms with Gasteiger partial charge in [0, 0.05) is 24.6 Å². The van der Waals surface area contributed by atoms with Crippen molar-refractivity contribution in [1.29, 1.82) is 0 Å². The van der Waals surface area contributed by atoms with Gasteiger partial charge in [-0.2, -0.15) is 5.10 Å². The van der Waals surface area contributed by atoms with Gasteiger partial charge in [0.05, 0.1) is 25.0 Å². The molecule has 4 aromatic rings. The summed E-state index contributed by atoms with van der Waals surface area (Å²) >= 11 is 0. The Bertz CT molecular complexity index is 1330. The molecule has 1 heterocycles. The van der Waals surface area contributed by atoms with Crippen molar-refractivity contribution in [1.82, 2.24) is 14.7 Å². The number of rotatable bonds is 11. The van der Waals surface area contributed by atoms with Crippen molar-refractivity contribution in [2.75, 3.05) is 25.5 Å². The average Bonchev–Trinajstić information content (AvgIpc) is 3.35. The second-order valence-corrected chi connectivity index (χ2v) is 9.59. The predicted octanol–water partition coefficient (Wildman–Crippen LogP) is 5.60. The molecular formula is C31H34N4O3. The van der Waals surface area contributed by atoms with Crippen molar-refractivity contribution in [3.05, 3.63) is 96.6 Å². The van der Waals surface area contributed by atoms with Crippen molar-refractivity contribution in [2.24, 2.45) is 5.92 Å². The van der Waals surface area contributed by atoms with Crippen LogP contribution in [0.25, 0.3) is 16.9 Å². The molecule has 4 rings (SSSR count).